The molecule has 0 amide bonds. The lowest BCUT2D eigenvalue weighted by Crippen LogP contribution is -2.55. The van der Waals surface area contributed by atoms with Crippen molar-refractivity contribution < 1.29 is 0 Å². The Kier molecular flexibility index (Phi) is 1.70. The molecule has 4 aliphatic carbocycles. The minimum atomic E-state index is -0.132. The van der Waals surface area contributed by atoms with Crippen molar-refractivity contribution in [2.24, 2.45) is 34.8 Å². The van der Waals surface area contributed by atoms with Crippen LogP contribution < -0.4 is 5.73 Å². The quantitative estimate of drug-likeness (QED) is 0.686. The number of nitriles is 1. The summed E-state index contributed by atoms with van der Waals surface area (Å²) in [6.07, 6.45) is 6.60. The van der Waals surface area contributed by atoms with Gasteiger partial charge < -0.3 is 5.73 Å². The summed E-state index contributed by atoms with van der Waals surface area (Å²) in [7, 11) is 0. The van der Waals surface area contributed by atoms with E-state index in [-0.39, 0.29) is 5.41 Å². The van der Waals surface area contributed by atoms with Crippen molar-refractivity contribution in [3.05, 3.63) is 0 Å². The summed E-state index contributed by atoms with van der Waals surface area (Å²) in [5.74, 6) is 3.14. The molecule has 2 nitrogen and oxygen atoms in total. The molecular formula is C12H18N2. The van der Waals surface area contributed by atoms with Crippen molar-refractivity contribution >= 4 is 0 Å². The van der Waals surface area contributed by atoms with Crippen molar-refractivity contribution in [3.63, 3.8) is 0 Å². The maximum absolute atomic E-state index is 9.42. The topological polar surface area (TPSA) is 49.8 Å². The Morgan fingerprint density at radius 3 is 1.93 bits per heavy atom. The third kappa shape index (κ3) is 0.892. The molecule has 14 heavy (non-hydrogen) atoms. The van der Waals surface area contributed by atoms with Crippen molar-refractivity contribution in [2.75, 3.05) is 6.54 Å². The zero-order valence-electron chi connectivity index (χ0n) is 8.58. The van der Waals surface area contributed by atoms with Crippen LogP contribution in [-0.2, 0) is 0 Å². The molecule has 4 fully saturated rings. The number of rotatable bonds is 1. The van der Waals surface area contributed by atoms with E-state index in [1.165, 1.54) is 32.1 Å². The van der Waals surface area contributed by atoms with E-state index in [9.17, 15) is 5.26 Å². The average molecular weight is 190 g/mol. The summed E-state index contributed by atoms with van der Waals surface area (Å²) in [4.78, 5) is 0. The maximum Gasteiger partial charge on any atom is 0.0752 e. The van der Waals surface area contributed by atoms with Crippen LogP contribution in [-0.4, -0.2) is 6.54 Å². The SMILES string of the molecule is N#CC1(CN)C2CC3CC(C2)CC1C3. The summed E-state index contributed by atoms with van der Waals surface area (Å²) >= 11 is 0. The van der Waals surface area contributed by atoms with Crippen LogP contribution in [0, 0.1) is 40.4 Å². The maximum atomic E-state index is 9.42. The van der Waals surface area contributed by atoms with Gasteiger partial charge in [0.2, 0.25) is 0 Å². The zero-order chi connectivity index (χ0) is 9.76. The van der Waals surface area contributed by atoms with E-state index in [1.807, 2.05) is 0 Å². The molecule has 2 heteroatoms. The fourth-order valence-electron chi connectivity index (χ4n) is 4.59. The summed E-state index contributed by atoms with van der Waals surface area (Å²) in [6, 6.07) is 2.59. The van der Waals surface area contributed by atoms with Crippen LogP contribution in [0.4, 0.5) is 0 Å². The Hall–Kier alpha value is -0.550. The second-order valence-corrected chi connectivity index (χ2v) is 5.66. The number of hydrogen-bond acceptors (Lipinski definition) is 2. The summed E-state index contributed by atoms with van der Waals surface area (Å²) in [5, 5.41) is 9.42. The highest BCUT2D eigenvalue weighted by molar-refractivity contribution is 5.15. The van der Waals surface area contributed by atoms with Gasteiger partial charge in [-0.3, -0.25) is 0 Å². The molecule has 0 spiro atoms. The van der Waals surface area contributed by atoms with Gasteiger partial charge in [0, 0.05) is 6.54 Å². The second kappa shape index (κ2) is 2.73. The molecule has 0 aromatic carbocycles. The van der Waals surface area contributed by atoms with Crippen molar-refractivity contribution in [1.82, 2.24) is 0 Å². The highest BCUT2D eigenvalue weighted by atomic mass is 14.7. The van der Waals surface area contributed by atoms with Gasteiger partial charge in [-0.2, -0.15) is 5.26 Å². The van der Waals surface area contributed by atoms with E-state index >= 15 is 0 Å². The Morgan fingerprint density at radius 2 is 1.57 bits per heavy atom. The molecule has 0 saturated heterocycles. The van der Waals surface area contributed by atoms with E-state index < -0.39 is 0 Å². The molecule has 0 atom stereocenters. The van der Waals surface area contributed by atoms with E-state index in [0.717, 1.165) is 11.8 Å². The molecule has 0 aromatic rings. The van der Waals surface area contributed by atoms with Crippen LogP contribution >= 0.6 is 0 Å². The highest BCUT2D eigenvalue weighted by Crippen LogP contribution is 2.61. The third-order valence-electron chi connectivity index (χ3n) is 5.14. The Morgan fingerprint density at radius 1 is 1.07 bits per heavy atom. The first-order valence-electron chi connectivity index (χ1n) is 5.90. The minimum absolute atomic E-state index is 0.132. The fourth-order valence-corrected chi connectivity index (χ4v) is 4.59. The molecule has 4 rings (SSSR count). The molecule has 0 aromatic heterocycles. The normalized spacial score (nSPS) is 54.6. The van der Waals surface area contributed by atoms with Crippen LogP contribution in [0.1, 0.15) is 32.1 Å². The predicted octanol–water partition coefficient (Wildman–Crippen LogP) is 1.91. The molecule has 4 bridgehead atoms. The van der Waals surface area contributed by atoms with E-state index in [4.69, 9.17) is 5.73 Å². The first-order chi connectivity index (χ1) is 6.78. The molecule has 0 aliphatic heterocycles. The number of nitrogens with two attached hydrogens (primary N) is 1. The lowest BCUT2D eigenvalue weighted by molar-refractivity contribution is -0.0712. The van der Waals surface area contributed by atoms with Gasteiger partial charge in [-0.25, -0.2) is 0 Å². The van der Waals surface area contributed by atoms with Gasteiger partial charge in [-0.05, 0) is 55.8 Å². The van der Waals surface area contributed by atoms with Crippen molar-refractivity contribution in [3.8, 4) is 6.07 Å². The summed E-state index contributed by atoms with van der Waals surface area (Å²) < 4.78 is 0. The predicted molar refractivity (Wildman–Crippen MR) is 54.1 cm³/mol. The Bertz CT molecular complexity index is 261. The molecule has 76 valence electrons. The molecule has 4 saturated carbocycles. The molecule has 0 unspecified atom stereocenters. The van der Waals surface area contributed by atoms with Gasteiger partial charge in [0.25, 0.3) is 0 Å². The van der Waals surface area contributed by atoms with Gasteiger partial charge in [-0.15, -0.1) is 0 Å². The van der Waals surface area contributed by atoms with Crippen LogP contribution in [0.3, 0.4) is 0 Å². The number of nitrogens with zero attached hydrogens (tertiary/aromatic N) is 1. The lowest BCUT2D eigenvalue weighted by atomic mass is 9.46. The second-order valence-electron chi connectivity index (χ2n) is 5.66. The standard InChI is InChI=1S/C12H18N2/c13-6-12(7-14)10-2-8-1-9(4-10)5-11(12)3-8/h8-11H,1-6,13H2. The van der Waals surface area contributed by atoms with Crippen molar-refractivity contribution in [1.29, 1.82) is 5.26 Å². The van der Waals surface area contributed by atoms with E-state index in [2.05, 4.69) is 6.07 Å². The van der Waals surface area contributed by atoms with E-state index in [1.54, 1.807) is 0 Å². The van der Waals surface area contributed by atoms with E-state index in [0.29, 0.717) is 18.4 Å². The van der Waals surface area contributed by atoms with Gasteiger partial charge >= 0.3 is 0 Å². The molecule has 2 N–H and O–H groups in total. The van der Waals surface area contributed by atoms with Crippen LogP contribution in [0.2, 0.25) is 0 Å². The van der Waals surface area contributed by atoms with Gasteiger partial charge in [-0.1, -0.05) is 0 Å². The van der Waals surface area contributed by atoms with Crippen molar-refractivity contribution in [2.45, 2.75) is 32.1 Å². The lowest BCUT2D eigenvalue weighted by Gasteiger charge is -2.58. The van der Waals surface area contributed by atoms with Gasteiger partial charge in [0.15, 0.2) is 0 Å². The largest absolute Gasteiger partial charge is 0.329 e. The monoisotopic (exact) mass is 190 g/mol. The third-order valence-corrected chi connectivity index (χ3v) is 5.14. The van der Waals surface area contributed by atoms with Crippen LogP contribution in [0.25, 0.3) is 0 Å². The molecule has 0 heterocycles. The molecule has 4 aliphatic rings. The summed E-state index contributed by atoms with van der Waals surface area (Å²) in [5.41, 5.74) is 5.75. The van der Waals surface area contributed by atoms with Crippen LogP contribution in [0.5, 0.6) is 0 Å². The zero-order valence-corrected chi connectivity index (χ0v) is 8.58. The molecular weight excluding hydrogens is 172 g/mol. The van der Waals surface area contributed by atoms with Crippen LogP contribution in [0.15, 0.2) is 0 Å². The van der Waals surface area contributed by atoms with Gasteiger partial charge in [0.05, 0.1) is 11.5 Å². The first kappa shape index (κ1) is 8.73. The average Bonchev–Trinajstić information content (AvgIpc) is 2.18. The molecule has 0 radical (unpaired) electrons. The smallest absolute Gasteiger partial charge is 0.0752 e. The Labute approximate surface area is 85.5 Å². The summed E-state index contributed by atoms with van der Waals surface area (Å²) in [6.45, 7) is 0.596. The number of hydrogen-bond donors (Lipinski definition) is 1. The Balaban J connectivity index is 1.98. The first-order valence-corrected chi connectivity index (χ1v) is 5.90. The minimum Gasteiger partial charge on any atom is -0.329 e. The fraction of sp³-hybridized carbons (Fsp3) is 0.917. The van der Waals surface area contributed by atoms with Gasteiger partial charge in [0.1, 0.15) is 0 Å². The highest BCUT2D eigenvalue weighted by Gasteiger charge is 2.56.